The first-order valence-electron chi connectivity index (χ1n) is 8.86. The van der Waals surface area contributed by atoms with E-state index in [-0.39, 0.29) is 19.0 Å². The minimum absolute atomic E-state index is 0.130. The second-order valence-electron chi connectivity index (χ2n) is 6.29. The van der Waals surface area contributed by atoms with Crippen LogP contribution in [0.4, 0.5) is 5.82 Å². The van der Waals surface area contributed by atoms with E-state index in [1.54, 1.807) is 24.7 Å². The van der Waals surface area contributed by atoms with Crippen LogP contribution in [0.15, 0.2) is 48.5 Å². The Balaban J connectivity index is 1.75. The maximum atomic E-state index is 12.2. The molecule has 0 radical (unpaired) electrons. The zero-order valence-corrected chi connectivity index (χ0v) is 17.6. The van der Waals surface area contributed by atoms with Crippen molar-refractivity contribution in [1.29, 1.82) is 0 Å². The molecule has 0 bridgehead atoms. The molecule has 3 aromatic rings. The third kappa shape index (κ3) is 4.04. The van der Waals surface area contributed by atoms with Gasteiger partial charge >= 0.3 is 0 Å². The van der Waals surface area contributed by atoms with Gasteiger partial charge < -0.3 is 4.84 Å². The molecule has 4 heterocycles. The first-order chi connectivity index (χ1) is 14.5. The standard InChI is InChI=1S/C18H17N7O3S2/c1-3-9-28-24-13-6-8-25(30(2,26)27)17-15(13)21-16(22-23-17)14-11-20-18(29-14)12-5-4-7-19-10-12/h3-5,7,10-11H,1,6,8-9H2,2H3. The Bertz CT molecular complexity index is 1210. The van der Waals surface area contributed by atoms with Gasteiger partial charge in [-0.25, -0.2) is 18.4 Å². The molecular weight excluding hydrogens is 426 g/mol. The normalized spacial score (nSPS) is 15.1. The van der Waals surface area contributed by atoms with Crippen LogP contribution in [0.25, 0.3) is 21.3 Å². The van der Waals surface area contributed by atoms with Gasteiger partial charge in [0.1, 0.15) is 23.0 Å². The fraction of sp³-hybridized carbons (Fsp3) is 0.222. The van der Waals surface area contributed by atoms with Crippen LogP contribution in [-0.2, 0) is 14.9 Å². The van der Waals surface area contributed by atoms with Gasteiger partial charge in [0.05, 0.1) is 11.1 Å². The molecule has 4 rings (SSSR count). The highest BCUT2D eigenvalue weighted by molar-refractivity contribution is 7.92. The van der Waals surface area contributed by atoms with E-state index in [0.29, 0.717) is 28.5 Å². The molecule has 0 saturated heterocycles. The molecule has 0 N–H and O–H groups in total. The maximum absolute atomic E-state index is 12.2. The molecule has 154 valence electrons. The number of hydrogen-bond acceptors (Lipinski definition) is 10. The number of pyridine rings is 1. The van der Waals surface area contributed by atoms with E-state index in [1.807, 2.05) is 12.1 Å². The lowest BCUT2D eigenvalue weighted by Gasteiger charge is -2.27. The zero-order valence-electron chi connectivity index (χ0n) is 16.0. The van der Waals surface area contributed by atoms with Gasteiger partial charge in [0.25, 0.3) is 0 Å². The van der Waals surface area contributed by atoms with Crippen molar-refractivity contribution in [1.82, 2.24) is 25.1 Å². The number of oxime groups is 1. The molecule has 0 saturated carbocycles. The summed E-state index contributed by atoms with van der Waals surface area (Å²) in [6.45, 7) is 3.99. The molecule has 1 aliphatic rings. The van der Waals surface area contributed by atoms with Gasteiger partial charge in [0.15, 0.2) is 11.6 Å². The van der Waals surface area contributed by atoms with Crippen molar-refractivity contribution in [2.75, 3.05) is 23.7 Å². The monoisotopic (exact) mass is 443 g/mol. The fourth-order valence-corrected chi connectivity index (χ4v) is 4.49. The number of aromatic nitrogens is 5. The molecule has 10 nitrogen and oxygen atoms in total. The predicted molar refractivity (Wildman–Crippen MR) is 114 cm³/mol. The largest absolute Gasteiger partial charge is 0.391 e. The lowest BCUT2D eigenvalue weighted by atomic mass is 10.1. The minimum Gasteiger partial charge on any atom is -0.391 e. The smallest absolute Gasteiger partial charge is 0.233 e. The quantitative estimate of drug-likeness (QED) is 0.322. The van der Waals surface area contributed by atoms with E-state index in [1.165, 1.54) is 15.6 Å². The summed E-state index contributed by atoms with van der Waals surface area (Å²) in [6, 6.07) is 3.74. The van der Waals surface area contributed by atoms with Gasteiger partial charge in [0, 0.05) is 37.1 Å². The van der Waals surface area contributed by atoms with Crippen molar-refractivity contribution in [3.05, 3.63) is 49.1 Å². The Morgan fingerprint density at radius 1 is 1.37 bits per heavy atom. The molecule has 12 heteroatoms. The molecule has 0 fully saturated rings. The number of nitrogens with zero attached hydrogens (tertiary/aromatic N) is 7. The average Bonchev–Trinajstić information content (AvgIpc) is 3.24. The van der Waals surface area contributed by atoms with Gasteiger partial charge in [-0.2, -0.15) is 0 Å². The minimum atomic E-state index is -3.54. The summed E-state index contributed by atoms with van der Waals surface area (Å²) in [5.41, 5.74) is 1.69. The van der Waals surface area contributed by atoms with Gasteiger partial charge in [-0.05, 0) is 12.1 Å². The molecule has 1 aliphatic heterocycles. The van der Waals surface area contributed by atoms with E-state index in [0.717, 1.165) is 16.8 Å². The van der Waals surface area contributed by atoms with Crippen LogP contribution in [0.3, 0.4) is 0 Å². The van der Waals surface area contributed by atoms with Crippen LogP contribution in [0.5, 0.6) is 0 Å². The molecule has 0 spiro atoms. The molecule has 3 aromatic heterocycles. The van der Waals surface area contributed by atoms with Crippen LogP contribution in [0, 0.1) is 0 Å². The van der Waals surface area contributed by atoms with E-state index in [9.17, 15) is 8.42 Å². The Hall–Kier alpha value is -3.25. The number of sulfonamides is 1. The van der Waals surface area contributed by atoms with Crippen LogP contribution in [0.1, 0.15) is 12.1 Å². The SMILES string of the molecule is C=CCON=C1CCN(S(C)(=O)=O)c2nnc(-c3cnc(-c4cccnc4)s3)nc21. The van der Waals surface area contributed by atoms with Crippen molar-refractivity contribution < 1.29 is 13.3 Å². The van der Waals surface area contributed by atoms with Gasteiger partial charge in [0.2, 0.25) is 10.0 Å². The van der Waals surface area contributed by atoms with Gasteiger partial charge in [-0.1, -0.05) is 17.8 Å². The van der Waals surface area contributed by atoms with Crippen molar-refractivity contribution in [3.63, 3.8) is 0 Å². The van der Waals surface area contributed by atoms with E-state index in [2.05, 4.69) is 36.9 Å². The number of fused-ring (bicyclic) bond motifs is 1. The lowest BCUT2D eigenvalue weighted by Crippen LogP contribution is -2.38. The Kier molecular flexibility index (Phi) is 5.50. The number of hydrogen-bond donors (Lipinski definition) is 0. The summed E-state index contributed by atoms with van der Waals surface area (Å²) in [5.74, 6) is 0.457. The van der Waals surface area contributed by atoms with Crippen LogP contribution in [0.2, 0.25) is 0 Å². The van der Waals surface area contributed by atoms with Crippen LogP contribution >= 0.6 is 11.3 Å². The highest BCUT2D eigenvalue weighted by Crippen LogP contribution is 2.32. The average molecular weight is 444 g/mol. The summed E-state index contributed by atoms with van der Waals surface area (Å²) in [6.07, 6.45) is 8.08. The second kappa shape index (κ2) is 8.24. The van der Waals surface area contributed by atoms with Gasteiger partial charge in [-0.3, -0.25) is 9.29 Å². The van der Waals surface area contributed by atoms with Gasteiger partial charge in [-0.15, -0.1) is 21.5 Å². The molecule has 0 atom stereocenters. The number of thiazole rings is 1. The van der Waals surface area contributed by atoms with Crippen LogP contribution < -0.4 is 4.31 Å². The van der Waals surface area contributed by atoms with Crippen molar-refractivity contribution >= 4 is 32.9 Å². The lowest BCUT2D eigenvalue weighted by molar-refractivity contribution is 0.174. The highest BCUT2D eigenvalue weighted by atomic mass is 32.2. The first-order valence-corrected chi connectivity index (χ1v) is 11.5. The van der Waals surface area contributed by atoms with E-state index < -0.39 is 10.0 Å². The number of anilines is 1. The maximum Gasteiger partial charge on any atom is 0.233 e. The Morgan fingerprint density at radius 2 is 2.23 bits per heavy atom. The van der Waals surface area contributed by atoms with Crippen molar-refractivity contribution in [2.45, 2.75) is 6.42 Å². The predicted octanol–water partition coefficient (Wildman–Crippen LogP) is 2.13. The topological polar surface area (TPSA) is 123 Å². The summed E-state index contributed by atoms with van der Waals surface area (Å²) in [5, 5.41) is 13.1. The zero-order chi connectivity index (χ0) is 21.1. The molecule has 30 heavy (non-hydrogen) atoms. The Labute approximate surface area is 177 Å². The number of rotatable bonds is 6. The third-order valence-corrected chi connectivity index (χ3v) is 6.33. The van der Waals surface area contributed by atoms with Crippen molar-refractivity contribution in [2.24, 2.45) is 5.16 Å². The first kappa shape index (κ1) is 20.0. The summed E-state index contributed by atoms with van der Waals surface area (Å²) in [4.78, 5) is 19.0. The molecule has 0 amide bonds. The highest BCUT2D eigenvalue weighted by Gasteiger charge is 2.32. The molecule has 0 unspecified atom stereocenters. The van der Waals surface area contributed by atoms with Crippen LogP contribution in [-0.4, -0.2) is 58.7 Å². The summed E-state index contributed by atoms with van der Waals surface area (Å²) >= 11 is 1.39. The van der Waals surface area contributed by atoms with Crippen molar-refractivity contribution in [3.8, 4) is 21.3 Å². The Morgan fingerprint density at radius 3 is 2.97 bits per heavy atom. The fourth-order valence-electron chi connectivity index (χ4n) is 2.80. The van der Waals surface area contributed by atoms with E-state index in [4.69, 9.17) is 4.84 Å². The summed E-state index contributed by atoms with van der Waals surface area (Å²) < 4.78 is 25.5. The second-order valence-corrected chi connectivity index (χ2v) is 9.22. The molecule has 0 aliphatic carbocycles. The molecule has 0 aromatic carbocycles. The molecular formula is C18H17N7O3S2. The third-order valence-electron chi connectivity index (χ3n) is 4.13. The summed E-state index contributed by atoms with van der Waals surface area (Å²) in [7, 11) is -3.54. The van der Waals surface area contributed by atoms with E-state index >= 15 is 0 Å².